The average Bonchev–Trinajstić information content (AvgIpc) is 3.13. The zero-order valence-electron chi connectivity index (χ0n) is 14.2. The van der Waals surface area contributed by atoms with Crippen LogP contribution in [0.3, 0.4) is 0 Å². The maximum atomic E-state index is 5.98. The number of aromatic nitrogens is 4. The molecule has 4 rings (SSSR count). The number of benzene rings is 1. The lowest BCUT2D eigenvalue weighted by atomic mass is 10.1. The van der Waals surface area contributed by atoms with Crippen LogP contribution < -0.4 is 5.32 Å². The van der Waals surface area contributed by atoms with Crippen molar-refractivity contribution in [3.8, 4) is 11.4 Å². The number of likely N-dealkylation sites (tertiary alicyclic amines) is 1. The molecule has 1 saturated heterocycles. The van der Waals surface area contributed by atoms with Crippen molar-refractivity contribution in [1.82, 2.24) is 24.5 Å². The van der Waals surface area contributed by atoms with Crippen molar-refractivity contribution in [3.05, 3.63) is 41.7 Å². The predicted molar refractivity (Wildman–Crippen MR) is 100.0 cm³/mol. The topological polar surface area (TPSA) is 58.3 Å². The molecule has 0 spiro atoms. The highest BCUT2D eigenvalue weighted by Gasteiger charge is 2.21. The predicted octanol–water partition coefficient (Wildman–Crippen LogP) is 3.34. The Morgan fingerprint density at radius 3 is 2.88 bits per heavy atom. The summed E-state index contributed by atoms with van der Waals surface area (Å²) < 4.78 is 1.97. The number of hydrogen-bond acceptors (Lipinski definition) is 5. The van der Waals surface area contributed by atoms with Crippen molar-refractivity contribution in [2.24, 2.45) is 0 Å². The van der Waals surface area contributed by atoms with Gasteiger partial charge < -0.3 is 10.2 Å². The smallest absolute Gasteiger partial charge is 0.192 e. The largest absolute Gasteiger partial charge is 0.361 e. The van der Waals surface area contributed by atoms with Gasteiger partial charge in [0.1, 0.15) is 0 Å². The second kappa shape index (κ2) is 6.98. The number of nitrogens with zero attached hydrogens (tertiary/aromatic N) is 5. The van der Waals surface area contributed by atoms with E-state index in [4.69, 9.17) is 11.6 Å². The van der Waals surface area contributed by atoms with Crippen LogP contribution in [0.4, 0.5) is 5.82 Å². The molecular formula is C18H21ClN6. The van der Waals surface area contributed by atoms with Gasteiger partial charge in [-0.25, -0.2) is 4.98 Å². The molecule has 130 valence electrons. The number of fused-ring (bicyclic) bond motifs is 1. The van der Waals surface area contributed by atoms with Gasteiger partial charge in [0.2, 0.25) is 0 Å². The fourth-order valence-corrected chi connectivity index (χ4v) is 3.51. The monoisotopic (exact) mass is 356 g/mol. The summed E-state index contributed by atoms with van der Waals surface area (Å²) in [6.45, 7) is 5.49. The fourth-order valence-electron chi connectivity index (χ4n) is 3.38. The third-order valence-corrected chi connectivity index (χ3v) is 4.97. The summed E-state index contributed by atoms with van der Waals surface area (Å²) >= 11 is 5.98. The van der Waals surface area contributed by atoms with Crippen LogP contribution in [0, 0.1) is 0 Å². The molecule has 3 aromatic rings. The molecule has 1 aromatic carbocycles. The molecule has 1 aliphatic heterocycles. The molecule has 3 heterocycles. The maximum Gasteiger partial charge on any atom is 0.192 e. The van der Waals surface area contributed by atoms with Crippen molar-refractivity contribution in [2.75, 3.05) is 25.0 Å². The Morgan fingerprint density at radius 2 is 2.08 bits per heavy atom. The van der Waals surface area contributed by atoms with E-state index in [0.29, 0.717) is 11.1 Å². The Balaban J connectivity index is 1.64. The van der Waals surface area contributed by atoms with Crippen LogP contribution in [0.5, 0.6) is 0 Å². The van der Waals surface area contributed by atoms with Crippen LogP contribution in [0.25, 0.3) is 17.0 Å². The molecule has 1 unspecified atom stereocenters. The second-order valence-electron chi connectivity index (χ2n) is 6.38. The van der Waals surface area contributed by atoms with Gasteiger partial charge in [-0.2, -0.15) is 0 Å². The standard InChI is InChI=1S/C18H21ClN6/c1-2-24-10-3-4-15(12-24)21-16-18-20-9-11-25(18)17(23-22-16)13-5-7-14(19)8-6-13/h5-9,11,15H,2-4,10,12H2,1H3,(H,21,22). The Labute approximate surface area is 151 Å². The average molecular weight is 357 g/mol. The van der Waals surface area contributed by atoms with Gasteiger partial charge in [0.25, 0.3) is 0 Å². The molecule has 0 saturated carbocycles. The number of nitrogens with one attached hydrogen (secondary N) is 1. The van der Waals surface area contributed by atoms with E-state index in [1.165, 1.54) is 13.0 Å². The van der Waals surface area contributed by atoms with Crippen molar-refractivity contribution in [1.29, 1.82) is 0 Å². The summed E-state index contributed by atoms with van der Waals surface area (Å²) in [6, 6.07) is 7.98. The van der Waals surface area contributed by atoms with E-state index >= 15 is 0 Å². The zero-order chi connectivity index (χ0) is 17.2. The highest BCUT2D eigenvalue weighted by molar-refractivity contribution is 6.30. The Bertz CT molecular complexity index is 860. The number of rotatable bonds is 4. The van der Waals surface area contributed by atoms with Crippen molar-refractivity contribution in [2.45, 2.75) is 25.8 Å². The molecule has 25 heavy (non-hydrogen) atoms. The summed E-state index contributed by atoms with van der Waals surface area (Å²) in [6.07, 6.45) is 6.04. The number of halogens is 1. The van der Waals surface area contributed by atoms with E-state index in [1.54, 1.807) is 6.20 Å². The minimum Gasteiger partial charge on any atom is -0.361 e. The van der Waals surface area contributed by atoms with Gasteiger partial charge in [0.15, 0.2) is 17.3 Å². The van der Waals surface area contributed by atoms with Crippen LogP contribution >= 0.6 is 11.6 Å². The normalized spacial score (nSPS) is 18.6. The number of likely N-dealkylation sites (N-methyl/N-ethyl adjacent to an activating group) is 1. The molecule has 1 fully saturated rings. The van der Waals surface area contributed by atoms with Gasteiger partial charge in [0, 0.05) is 35.6 Å². The first-order valence-corrected chi connectivity index (χ1v) is 9.07. The molecule has 0 radical (unpaired) electrons. The molecule has 0 bridgehead atoms. The van der Waals surface area contributed by atoms with Gasteiger partial charge in [-0.1, -0.05) is 18.5 Å². The fraction of sp³-hybridized carbons (Fsp3) is 0.389. The minimum atomic E-state index is 0.380. The van der Waals surface area contributed by atoms with E-state index in [1.807, 2.05) is 34.9 Å². The van der Waals surface area contributed by atoms with Crippen LogP contribution in [-0.4, -0.2) is 50.2 Å². The van der Waals surface area contributed by atoms with Crippen molar-refractivity contribution >= 4 is 23.1 Å². The number of hydrogen-bond donors (Lipinski definition) is 1. The third-order valence-electron chi connectivity index (χ3n) is 4.72. The summed E-state index contributed by atoms with van der Waals surface area (Å²) in [5.74, 6) is 1.50. The van der Waals surface area contributed by atoms with Gasteiger partial charge in [-0.05, 0) is 50.2 Å². The summed E-state index contributed by atoms with van der Waals surface area (Å²) in [5.41, 5.74) is 1.76. The Hall–Kier alpha value is -2.18. The van der Waals surface area contributed by atoms with Crippen LogP contribution in [0.1, 0.15) is 19.8 Å². The summed E-state index contributed by atoms with van der Waals surface area (Å²) in [4.78, 5) is 6.94. The number of imidazole rings is 1. The maximum absolute atomic E-state index is 5.98. The molecule has 1 N–H and O–H groups in total. The van der Waals surface area contributed by atoms with E-state index < -0.39 is 0 Å². The zero-order valence-corrected chi connectivity index (χ0v) is 14.9. The van der Waals surface area contributed by atoms with Crippen molar-refractivity contribution in [3.63, 3.8) is 0 Å². The van der Waals surface area contributed by atoms with E-state index in [9.17, 15) is 0 Å². The van der Waals surface area contributed by atoms with Crippen LogP contribution in [0.2, 0.25) is 5.02 Å². The van der Waals surface area contributed by atoms with E-state index in [-0.39, 0.29) is 0 Å². The molecule has 7 heteroatoms. The van der Waals surface area contributed by atoms with Crippen LogP contribution in [0.15, 0.2) is 36.7 Å². The molecule has 2 aromatic heterocycles. The third kappa shape index (κ3) is 3.32. The van der Waals surface area contributed by atoms with E-state index in [2.05, 4.69) is 32.3 Å². The Morgan fingerprint density at radius 1 is 1.24 bits per heavy atom. The summed E-state index contributed by atoms with van der Waals surface area (Å²) in [5, 5.41) is 13.1. The van der Waals surface area contributed by atoms with Gasteiger partial charge in [-0.15, -0.1) is 10.2 Å². The lowest BCUT2D eigenvalue weighted by molar-refractivity contribution is 0.226. The second-order valence-corrected chi connectivity index (χ2v) is 6.81. The number of piperidine rings is 1. The first-order valence-electron chi connectivity index (χ1n) is 8.69. The minimum absolute atomic E-state index is 0.380. The first-order chi connectivity index (χ1) is 12.2. The summed E-state index contributed by atoms with van der Waals surface area (Å²) in [7, 11) is 0. The molecule has 1 atom stereocenters. The molecule has 0 aliphatic carbocycles. The highest BCUT2D eigenvalue weighted by atomic mass is 35.5. The highest BCUT2D eigenvalue weighted by Crippen LogP contribution is 2.23. The van der Waals surface area contributed by atoms with Crippen molar-refractivity contribution < 1.29 is 0 Å². The Kier molecular flexibility index (Phi) is 4.55. The SMILES string of the molecule is CCN1CCCC(Nc2nnc(-c3ccc(Cl)cc3)n3ccnc23)C1. The molecule has 6 nitrogen and oxygen atoms in total. The first kappa shape index (κ1) is 16.3. The lowest BCUT2D eigenvalue weighted by Gasteiger charge is -2.32. The van der Waals surface area contributed by atoms with Gasteiger partial charge in [-0.3, -0.25) is 4.40 Å². The van der Waals surface area contributed by atoms with Gasteiger partial charge in [0.05, 0.1) is 0 Å². The molecule has 1 aliphatic rings. The quantitative estimate of drug-likeness (QED) is 0.777. The molecular weight excluding hydrogens is 336 g/mol. The van der Waals surface area contributed by atoms with E-state index in [0.717, 1.165) is 42.4 Å². The van der Waals surface area contributed by atoms with Crippen LogP contribution in [-0.2, 0) is 0 Å². The number of anilines is 1. The molecule has 0 amide bonds. The lowest BCUT2D eigenvalue weighted by Crippen LogP contribution is -2.42. The van der Waals surface area contributed by atoms with Gasteiger partial charge >= 0.3 is 0 Å².